The molecule has 116 valence electrons. The summed E-state index contributed by atoms with van der Waals surface area (Å²) in [4.78, 5) is 16.3. The van der Waals surface area contributed by atoms with E-state index in [0.29, 0.717) is 11.5 Å². The molecule has 1 fully saturated rings. The number of aryl methyl sites for hydroxylation is 1. The average molecular weight is 303 g/mol. The molecule has 6 heteroatoms. The fourth-order valence-corrected chi connectivity index (χ4v) is 2.69. The molecule has 0 atom stereocenters. The topological polar surface area (TPSA) is 57.0 Å². The normalized spacial score (nSPS) is 15.7. The Morgan fingerprint density at radius 1 is 1.23 bits per heavy atom. The number of hydrogen-bond acceptors (Lipinski definition) is 4. The van der Waals surface area contributed by atoms with Crippen LogP contribution in [0.3, 0.4) is 0 Å². The first-order valence-corrected chi connectivity index (χ1v) is 7.54. The van der Waals surface area contributed by atoms with Gasteiger partial charge in [-0.1, -0.05) is 6.42 Å². The van der Waals surface area contributed by atoms with E-state index in [2.05, 4.69) is 10.1 Å². The Balaban J connectivity index is 1.76. The number of esters is 1. The highest BCUT2D eigenvalue weighted by molar-refractivity contribution is 5.85. The highest BCUT2D eigenvalue weighted by Crippen LogP contribution is 2.21. The van der Waals surface area contributed by atoms with E-state index in [4.69, 9.17) is 4.74 Å². The molecule has 3 rings (SSSR count). The number of hydrogen-bond donors (Lipinski definition) is 0. The van der Waals surface area contributed by atoms with Crippen molar-refractivity contribution in [2.75, 3.05) is 0 Å². The van der Waals surface area contributed by atoms with Crippen molar-refractivity contribution in [2.24, 2.45) is 0 Å². The van der Waals surface area contributed by atoms with Crippen molar-refractivity contribution in [3.8, 4) is 5.69 Å². The molecule has 1 aromatic carbocycles. The fraction of sp³-hybridized carbons (Fsp3) is 0.438. The summed E-state index contributed by atoms with van der Waals surface area (Å²) in [6.45, 7) is 1.74. The zero-order valence-corrected chi connectivity index (χ0v) is 12.5. The van der Waals surface area contributed by atoms with E-state index in [0.717, 1.165) is 25.7 Å². The fourth-order valence-electron chi connectivity index (χ4n) is 2.69. The van der Waals surface area contributed by atoms with Gasteiger partial charge in [0.1, 0.15) is 17.7 Å². The van der Waals surface area contributed by atoms with Crippen LogP contribution in [0.4, 0.5) is 4.39 Å². The molecule has 0 spiro atoms. The Hall–Kier alpha value is -2.24. The first-order chi connectivity index (χ1) is 10.6. The molecule has 0 amide bonds. The molecule has 2 aromatic rings. The van der Waals surface area contributed by atoms with Crippen molar-refractivity contribution in [2.45, 2.75) is 45.1 Å². The molecule has 1 aromatic heterocycles. The molecule has 22 heavy (non-hydrogen) atoms. The number of halogens is 1. The molecule has 5 nitrogen and oxygen atoms in total. The second-order valence-corrected chi connectivity index (χ2v) is 5.54. The lowest BCUT2D eigenvalue weighted by Crippen LogP contribution is -2.21. The SMILES string of the molecule is Cc1nc(C(=O)OC2CCCCC2)nn1-c1ccc(F)cc1. The first-order valence-electron chi connectivity index (χ1n) is 7.54. The number of ether oxygens (including phenoxy) is 1. The minimum Gasteiger partial charge on any atom is -0.456 e. The van der Waals surface area contributed by atoms with Crippen molar-refractivity contribution < 1.29 is 13.9 Å². The molecule has 0 radical (unpaired) electrons. The lowest BCUT2D eigenvalue weighted by molar-refractivity contribution is 0.0197. The molecule has 0 saturated heterocycles. The van der Waals surface area contributed by atoms with Gasteiger partial charge in [-0.2, -0.15) is 0 Å². The summed E-state index contributed by atoms with van der Waals surface area (Å²) in [6, 6.07) is 5.87. The van der Waals surface area contributed by atoms with Gasteiger partial charge in [0.15, 0.2) is 0 Å². The Labute approximate surface area is 128 Å². The predicted molar refractivity (Wildman–Crippen MR) is 78.3 cm³/mol. The standard InChI is InChI=1S/C16H18FN3O2/c1-11-18-15(16(21)22-14-5-3-2-4-6-14)19-20(11)13-9-7-12(17)8-10-13/h7-10,14H,2-6H2,1H3. The van der Waals surface area contributed by atoms with E-state index in [1.165, 1.54) is 23.2 Å². The molecule has 1 heterocycles. The van der Waals surface area contributed by atoms with Crippen molar-refractivity contribution in [1.29, 1.82) is 0 Å². The van der Waals surface area contributed by atoms with Gasteiger partial charge in [-0.15, -0.1) is 5.10 Å². The van der Waals surface area contributed by atoms with Gasteiger partial charge >= 0.3 is 5.97 Å². The summed E-state index contributed by atoms with van der Waals surface area (Å²) in [5.74, 6) is -0.205. The van der Waals surface area contributed by atoms with E-state index >= 15 is 0 Å². The maximum Gasteiger partial charge on any atom is 0.378 e. The van der Waals surface area contributed by atoms with Crippen LogP contribution < -0.4 is 0 Å². The van der Waals surface area contributed by atoms with Crippen LogP contribution in [0.15, 0.2) is 24.3 Å². The van der Waals surface area contributed by atoms with Gasteiger partial charge in [0.25, 0.3) is 5.82 Å². The number of aromatic nitrogens is 3. The number of nitrogens with zero attached hydrogens (tertiary/aromatic N) is 3. The van der Waals surface area contributed by atoms with Gasteiger partial charge in [0, 0.05) is 0 Å². The highest BCUT2D eigenvalue weighted by atomic mass is 19.1. The van der Waals surface area contributed by atoms with Crippen LogP contribution in [-0.2, 0) is 4.74 Å². The van der Waals surface area contributed by atoms with E-state index in [1.54, 1.807) is 19.1 Å². The predicted octanol–water partition coefficient (Wildman–Crippen LogP) is 3.20. The molecule has 0 bridgehead atoms. The summed E-state index contributed by atoms with van der Waals surface area (Å²) < 4.78 is 20.0. The molecule has 0 N–H and O–H groups in total. The van der Waals surface area contributed by atoms with Crippen LogP contribution in [0.2, 0.25) is 0 Å². The third-order valence-corrected chi connectivity index (χ3v) is 3.85. The smallest absolute Gasteiger partial charge is 0.378 e. The zero-order chi connectivity index (χ0) is 15.5. The maximum atomic E-state index is 13.0. The summed E-state index contributed by atoms with van der Waals surface area (Å²) in [5.41, 5.74) is 0.656. The summed E-state index contributed by atoms with van der Waals surface area (Å²) in [7, 11) is 0. The lowest BCUT2D eigenvalue weighted by Gasteiger charge is -2.20. The van der Waals surface area contributed by atoms with Crippen molar-refractivity contribution in [3.05, 3.63) is 41.7 Å². The van der Waals surface area contributed by atoms with Gasteiger partial charge in [-0.25, -0.2) is 18.9 Å². The van der Waals surface area contributed by atoms with Gasteiger partial charge in [-0.3, -0.25) is 0 Å². The van der Waals surface area contributed by atoms with Crippen molar-refractivity contribution in [1.82, 2.24) is 14.8 Å². The van der Waals surface area contributed by atoms with Crippen LogP contribution in [0.25, 0.3) is 5.69 Å². The van der Waals surface area contributed by atoms with Crippen LogP contribution in [0, 0.1) is 12.7 Å². The number of benzene rings is 1. The van der Waals surface area contributed by atoms with Crippen molar-refractivity contribution >= 4 is 5.97 Å². The highest BCUT2D eigenvalue weighted by Gasteiger charge is 2.22. The first kappa shape index (κ1) is 14.7. The molecular weight excluding hydrogens is 285 g/mol. The number of carbonyl (C=O) groups is 1. The minimum absolute atomic E-state index is 0.0284. The molecule has 1 aliphatic carbocycles. The molecular formula is C16H18FN3O2. The monoisotopic (exact) mass is 303 g/mol. The molecule has 0 aliphatic heterocycles. The van der Waals surface area contributed by atoms with E-state index in [-0.39, 0.29) is 17.7 Å². The van der Waals surface area contributed by atoms with Gasteiger partial charge in [0.2, 0.25) is 0 Å². The van der Waals surface area contributed by atoms with Crippen molar-refractivity contribution in [3.63, 3.8) is 0 Å². The van der Waals surface area contributed by atoms with Gasteiger partial charge in [0.05, 0.1) is 5.69 Å². The Kier molecular flexibility index (Phi) is 4.18. The van der Waals surface area contributed by atoms with Crippen LogP contribution in [0.1, 0.15) is 48.5 Å². The molecule has 1 aliphatic rings. The maximum absolute atomic E-state index is 13.0. The average Bonchev–Trinajstić information content (AvgIpc) is 2.91. The lowest BCUT2D eigenvalue weighted by atomic mass is 9.98. The quantitative estimate of drug-likeness (QED) is 0.817. The Morgan fingerprint density at radius 2 is 1.91 bits per heavy atom. The Morgan fingerprint density at radius 3 is 2.59 bits per heavy atom. The third kappa shape index (κ3) is 3.16. The second-order valence-electron chi connectivity index (χ2n) is 5.54. The van der Waals surface area contributed by atoms with Gasteiger partial charge < -0.3 is 4.74 Å². The number of carbonyl (C=O) groups excluding carboxylic acids is 1. The van der Waals surface area contributed by atoms with Gasteiger partial charge in [-0.05, 0) is 56.9 Å². The van der Waals surface area contributed by atoms with E-state index < -0.39 is 5.97 Å². The molecule has 1 saturated carbocycles. The van der Waals surface area contributed by atoms with Crippen LogP contribution in [-0.4, -0.2) is 26.8 Å². The summed E-state index contributed by atoms with van der Waals surface area (Å²) >= 11 is 0. The summed E-state index contributed by atoms with van der Waals surface area (Å²) in [6.07, 6.45) is 5.17. The summed E-state index contributed by atoms with van der Waals surface area (Å²) in [5, 5.41) is 4.18. The zero-order valence-electron chi connectivity index (χ0n) is 12.5. The van der Waals surface area contributed by atoms with Crippen LogP contribution >= 0.6 is 0 Å². The Bertz CT molecular complexity index is 661. The third-order valence-electron chi connectivity index (χ3n) is 3.85. The van der Waals surface area contributed by atoms with E-state index in [9.17, 15) is 9.18 Å². The van der Waals surface area contributed by atoms with E-state index in [1.807, 2.05) is 0 Å². The minimum atomic E-state index is -0.490. The van der Waals surface area contributed by atoms with Crippen LogP contribution in [0.5, 0.6) is 0 Å². The largest absolute Gasteiger partial charge is 0.456 e. The molecule has 0 unspecified atom stereocenters. The second kappa shape index (κ2) is 6.25. The number of rotatable bonds is 3.